The third kappa shape index (κ3) is 5.39. The van der Waals surface area contributed by atoms with Crippen molar-refractivity contribution in [2.24, 2.45) is 0 Å². The number of rotatable bonds is 6. The fourth-order valence-corrected chi connectivity index (χ4v) is 4.23. The van der Waals surface area contributed by atoms with Crippen LogP contribution in [0.4, 0.5) is 0 Å². The highest BCUT2D eigenvalue weighted by molar-refractivity contribution is 5.77. The number of carbonyl (C=O) groups is 1. The minimum Gasteiger partial charge on any atom is -0.341 e. The maximum atomic E-state index is 12.8. The molecule has 162 valence electrons. The summed E-state index contributed by atoms with van der Waals surface area (Å²) in [6.07, 6.45) is 2.76. The van der Waals surface area contributed by atoms with Gasteiger partial charge in [-0.2, -0.15) is 0 Å². The number of aromatic nitrogens is 2. The average molecular weight is 419 g/mol. The molecule has 1 fully saturated rings. The van der Waals surface area contributed by atoms with E-state index in [1.165, 1.54) is 11.1 Å². The first-order valence-corrected chi connectivity index (χ1v) is 11.1. The molecule has 2 aromatic carbocycles. The SMILES string of the molecule is Cc1ccccc1CN1CCCN(C(=O)CCCc2nc3ccccc3c(=O)[nH]2)CC1. The Morgan fingerprint density at radius 3 is 2.71 bits per heavy atom. The van der Waals surface area contributed by atoms with E-state index >= 15 is 0 Å². The third-order valence-corrected chi connectivity index (χ3v) is 6.06. The van der Waals surface area contributed by atoms with E-state index in [4.69, 9.17) is 0 Å². The van der Waals surface area contributed by atoms with Crippen LogP contribution in [0.15, 0.2) is 53.3 Å². The maximum absolute atomic E-state index is 12.8. The van der Waals surface area contributed by atoms with E-state index < -0.39 is 0 Å². The summed E-state index contributed by atoms with van der Waals surface area (Å²) in [5.41, 5.74) is 3.27. The van der Waals surface area contributed by atoms with Crippen LogP contribution in [-0.4, -0.2) is 51.9 Å². The van der Waals surface area contributed by atoms with E-state index in [-0.39, 0.29) is 11.5 Å². The Balaban J connectivity index is 1.27. The molecule has 2 heterocycles. The highest BCUT2D eigenvalue weighted by Crippen LogP contribution is 2.14. The Labute approximate surface area is 182 Å². The minimum atomic E-state index is -0.117. The second-order valence-electron chi connectivity index (χ2n) is 8.32. The lowest BCUT2D eigenvalue weighted by Crippen LogP contribution is -2.35. The molecule has 1 aliphatic heterocycles. The van der Waals surface area contributed by atoms with Gasteiger partial charge in [0.05, 0.1) is 10.9 Å². The van der Waals surface area contributed by atoms with Crippen LogP contribution in [0.2, 0.25) is 0 Å². The number of aryl methyl sites for hydroxylation is 2. The molecular weight excluding hydrogens is 388 g/mol. The molecule has 1 N–H and O–H groups in total. The van der Waals surface area contributed by atoms with Crippen molar-refractivity contribution in [2.75, 3.05) is 26.2 Å². The summed E-state index contributed by atoms with van der Waals surface area (Å²) >= 11 is 0. The number of H-pyrrole nitrogens is 1. The molecule has 1 aliphatic rings. The van der Waals surface area contributed by atoms with Crippen LogP contribution >= 0.6 is 0 Å². The molecule has 6 nitrogen and oxygen atoms in total. The van der Waals surface area contributed by atoms with Gasteiger partial charge in [-0.05, 0) is 43.0 Å². The topological polar surface area (TPSA) is 69.3 Å². The molecule has 0 radical (unpaired) electrons. The second-order valence-corrected chi connectivity index (χ2v) is 8.32. The molecule has 0 saturated carbocycles. The lowest BCUT2D eigenvalue weighted by Gasteiger charge is -2.22. The molecule has 0 unspecified atom stereocenters. The summed E-state index contributed by atoms with van der Waals surface area (Å²) in [5, 5.41) is 0.599. The van der Waals surface area contributed by atoms with Crippen LogP contribution in [0.1, 0.15) is 36.2 Å². The first-order chi connectivity index (χ1) is 15.1. The molecule has 1 saturated heterocycles. The lowest BCUT2D eigenvalue weighted by atomic mass is 10.1. The van der Waals surface area contributed by atoms with E-state index in [9.17, 15) is 9.59 Å². The summed E-state index contributed by atoms with van der Waals surface area (Å²) in [7, 11) is 0. The fraction of sp³-hybridized carbons (Fsp3) is 0.400. The van der Waals surface area contributed by atoms with Crippen molar-refractivity contribution in [1.82, 2.24) is 19.8 Å². The van der Waals surface area contributed by atoms with Gasteiger partial charge in [0.1, 0.15) is 5.82 Å². The average Bonchev–Trinajstić information content (AvgIpc) is 3.01. The van der Waals surface area contributed by atoms with Crippen LogP contribution in [0.5, 0.6) is 0 Å². The van der Waals surface area contributed by atoms with Gasteiger partial charge in [0.25, 0.3) is 5.56 Å². The monoisotopic (exact) mass is 418 g/mol. The highest BCUT2D eigenvalue weighted by atomic mass is 16.2. The standard InChI is InChI=1S/C25H30N4O2/c1-19-8-2-3-9-20(19)18-28-14-7-15-29(17-16-28)24(30)13-6-12-23-26-22-11-5-4-10-21(22)25(31)27-23/h2-5,8-11H,6-7,12-18H2,1H3,(H,26,27,31). The van der Waals surface area contributed by atoms with E-state index in [0.717, 1.165) is 39.1 Å². The van der Waals surface area contributed by atoms with Crippen molar-refractivity contribution in [2.45, 2.75) is 39.2 Å². The van der Waals surface area contributed by atoms with Crippen LogP contribution < -0.4 is 5.56 Å². The van der Waals surface area contributed by atoms with Crippen LogP contribution in [0, 0.1) is 6.92 Å². The van der Waals surface area contributed by atoms with Crippen molar-refractivity contribution < 1.29 is 4.79 Å². The highest BCUT2D eigenvalue weighted by Gasteiger charge is 2.19. The number of carbonyl (C=O) groups excluding carboxylic acids is 1. The van der Waals surface area contributed by atoms with Crippen LogP contribution in [0.3, 0.4) is 0 Å². The summed E-state index contributed by atoms with van der Waals surface area (Å²) in [5.74, 6) is 0.845. The molecule has 31 heavy (non-hydrogen) atoms. The number of aromatic amines is 1. The van der Waals surface area contributed by atoms with Gasteiger partial charge < -0.3 is 9.88 Å². The zero-order valence-electron chi connectivity index (χ0n) is 18.1. The van der Waals surface area contributed by atoms with Crippen molar-refractivity contribution >= 4 is 16.8 Å². The molecule has 0 aliphatic carbocycles. The first kappa shape index (κ1) is 21.2. The molecule has 0 atom stereocenters. The van der Waals surface area contributed by atoms with E-state index in [1.807, 2.05) is 23.1 Å². The quantitative estimate of drug-likeness (QED) is 0.667. The van der Waals surface area contributed by atoms with Crippen LogP contribution in [-0.2, 0) is 17.8 Å². The van der Waals surface area contributed by atoms with E-state index in [0.29, 0.717) is 36.0 Å². The Kier molecular flexibility index (Phi) is 6.77. The van der Waals surface area contributed by atoms with Gasteiger partial charge in [-0.1, -0.05) is 36.4 Å². The number of amides is 1. The first-order valence-electron chi connectivity index (χ1n) is 11.1. The van der Waals surface area contributed by atoms with Gasteiger partial charge >= 0.3 is 0 Å². The predicted molar refractivity (Wildman–Crippen MR) is 123 cm³/mol. The van der Waals surface area contributed by atoms with Gasteiger partial charge in [-0.15, -0.1) is 0 Å². The summed E-state index contributed by atoms with van der Waals surface area (Å²) in [6.45, 7) is 6.60. The van der Waals surface area contributed by atoms with Gasteiger partial charge in [0, 0.05) is 45.6 Å². The summed E-state index contributed by atoms with van der Waals surface area (Å²) in [6, 6.07) is 15.8. The number of nitrogens with zero attached hydrogens (tertiary/aromatic N) is 3. The zero-order valence-corrected chi connectivity index (χ0v) is 18.1. The zero-order chi connectivity index (χ0) is 21.6. The van der Waals surface area contributed by atoms with Crippen molar-refractivity contribution in [3.05, 3.63) is 75.8 Å². The van der Waals surface area contributed by atoms with Crippen LogP contribution in [0.25, 0.3) is 10.9 Å². The molecule has 0 bridgehead atoms. The number of hydrogen-bond donors (Lipinski definition) is 1. The molecule has 1 aromatic heterocycles. The molecular formula is C25H30N4O2. The molecule has 0 spiro atoms. The second kappa shape index (κ2) is 9.88. The largest absolute Gasteiger partial charge is 0.341 e. The summed E-state index contributed by atoms with van der Waals surface area (Å²) in [4.78, 5) is 36.8. The number of hydrogen-bond acceptors (Lipinski definition) is 4. The molecule has 6 heteroatoms. The third-order valence-electron chi connectivity index (χ3n) is 6.06. The Bertz CT molecular complexity index is 1110. The van der Waals surface area contributed by atoms with E-state index in [1.54, 1.807) is 6.07 Å². The lowest BCUT2D eigenvalue weighted by molar-refractivity contribution is -0.131. The van der Waals surface area contributed by atoms with Gasteiger partial charge in [0.15, 0.2) is 0 Å². The predicted octanol–water partition coefficient (Wildman–Crippen LogP) is 3.29. The van der Waals surface area contributed by atoms with Gasteiger partial charge in [-0.3, -0.25) is 14.5 Å². The smallest absolute Gasteiger partial charge is 0.258 e. The van der Waals surface area contributed by atoms with Gasteiger partial charge in [-0.25, -0.2) is 4.98 Å². The Morgan fingerprint density at radius 2 is 1.84 bits per heavy atom. The maximum Gasteiger partial charge on any atom is 0.258 e. The molecule has 3 aromatic rings. The normalized spacial score (nSPS) is 15.2. The van der Waals surface area contributed by atoms with Crippen molar-refractivity contribution in [1.29, 1.82) is 0 Å². The number of nitrogens with one attached hydrogen (secondary N) is 1. The number of benzene rings is 2. The Morgan fingerprint density at radius 1 is 1.03 bits per heavy atom. The minimum absolute atomic E-state index is 0.117. The Hall–Kier alpha value is -2.99. The number of fused-ring (bicyclic) bond motifs is 1. The van der Waals surface area contributed by atoms with E-state index in [2.05, 4.69) is 46.1 Å². The van der Waals surface area contributed by atoms with Crippen molar-refractivity contribution in [3.63, 3.8) is 0 Å². The molecule has 1 amide bonds. The summed E-state index contributed by atoms with van der Waals surface area (Å²) < 4.78 is 0. The van der Waals surface area contributed by atoms with Crippen molar-refractivity contribution in [3.8, 4) is 0 Å². The van der Waals surface area contributed by atoms with Gasteiger partial charge in [0.2, 0.25) is 5.91 Å². The molecule has 4 rings (SSSR count). The fourth-order valence-electron chi connectivity index (χ4n) is 4.23. The number of para-hydroxylation sites is 1.